The molecule has 8 heteroatoms. The van der Waals surface area contributed by atoms with Crippen LogP contribution in [0, 0.1) is 5.82 Å². The lowest BCUT2D eigenvalue weighted by atomic mass is 10.00. The Bertz CT molecular complexity index is 1040. The molecular weight excluding hydrogens is 435 g/mol. The summed E-state index contributed by atoms with van der Waals surface area (Å²) in [5.74, 6) is 0.886. The van der Waals surface area contributed by atoms with Crippen molar-refractivity contribution in [3.8, 4) is 23.0 Å². The number of halogens is 1. The second kappa shape index (κ2) is 10.1. The van der Waals surface area contributed by atoms with Crippen LogP contribution in [0.25, 0.3) is 0 Å². The van der Waals surface area contributed by atoms with Crippen LogP contribution >= 0.6 is 11.8 Å². The predicted octanol–water partition coefficient (Wildman–Crippen LogP) is 5.46. The summed E-state index contributed by atoms with van der Waals surface area (Å²) in [6.07, 6.45) is -0.399. The first kappa shape index (κ1) is 22.3. The van der Waals surface area contributed by atoms with Crippen molar-refractivity contribution in [3.05, 3.63) is 77.6 Å². The molecule has 0 fully saturated rings. The van der Waals surface area contributed by atoms with E-state index in [9.17, 15) is 5.11 Å². The molecule has 168 valence electrons. The minimum absolute atomic E-state index is 0.0519. The summed E-state index contributed by atoms with van der Waals surface area (Å²) < 4.78 is 42.1. The van der Waals surface area contributed by atoms with Crippen molar-refractivity contribution in [2.24, 2.45) is 0 Å². The fourth-order valence-corrected chi connectivity index (χ4v) is 4.69. The Hall–Kier alpha value is -2.94. The van der Waals surface area contributed by atoms with E-state index in [-0.39, 0.29) is 30.3 Å². The topological polar surface area (TPSA) is 66.4 Å². The highest BCUT2D eigenvalue weighted by Crippen LogP contribution is 2.55. The number of hydrogen-bond donors (Lipinski definition) is 1. The van der Waals surface area contributed by atoms with Gasteiger partial charge in [-0.05, 0) is 47.5 Å². The number of rotatable bonds is 8. The van der Waals surface area contributed by atoms with Gasteiger partial charge in [-0.3, -0.25) is 0 Å². The zero-order valence-electron chi connectivity index (χ0n) is 17.6. The SMILES string of the molecule is COCOc1ccc([C@H]2Sc3c(ccc(OCOC)c3F)O[C@H]2c2ccc(O)cc2)cc1. The maximum absolute atomic E-state index is 15.2. The summed E-state index contributed by atoms with van der Waals surface area (Å²) in [5.41, 5.74) is 1.80. The molecule has 0 radical (unpaired) electrons. The Morgan fingerprint density at radius 1 is 0.875 bits per heavy atom. The van der Waals surface area contributed by atoms with E-state index >= 15 is 4.39 Å². The van der Waals surface area contributed by atoms with Crippen LogP contribution in [-0.4, -0.2) is 32.9 Å². The number of fused-ring (bicyclic) bond motifs is 1. The number of phenolic OH excluding ortho intramolecular Hbond substituents is 1. The predicted molar refractivity (Wildman–Crippen MR) is 118 cm³/mol. The number of aromatic hydroxyl groups is 1. The molecular formula is C24H23FO6S. The monoisotopic (exact) mass is 458 g/mol. The van der Waals surface area contributed by atoms with Gasteiger partial charge in [-0.2, -0.15) is 0 Å². The number of ether oxygens (including phenoxy) is 5. The molecule has 1 heterocycles. The number of hydrogen-bond acceptors (Lipinski definition) is 7. The molecule has 0 spiro atoms. The molecule has 1 aliphatic heterocycles. The number of benzene rings is 3. The summed E-state index contributed by atoms with van der Waals surface area (Å²) in [6.45, 7) is 0.101. The lowest BCUT2D eigenvalue weighted by Gasteiger charge is -2.34. The van der Waals surface area contributed by atoms with E-state index in [2.05, 4.69) is 0 Å². The Balaban J connectivity index is 1.70. The van der Waals surface area contributed by atoms with E-state index in [1.165, 1.54) is 24.9 Å². The Labute approximate surface area is 189 Å². The molecule has 0 aliphatic carbocycles. The Morgan fingerprint density at radius 3 is 2.22 bits per heavy atom. The third-order valence-corrected chi connectivity index (χ3v) is 6.29. The van der Waals surface area contributed by atoms with Gasteiger partial charge in [-0.1, -0.05) is 24.3 Å². The maximum Gasteiger partial charge on any atom is 0.188 e. The first-order chi connectivity index (χ1) is 15.6. The average Bonchev–Trinajstić information content (AvgIpc) is 2.82. The molecule has 3 aromatic carbocycles. The van der Waals surface area contributed by atoms with Crippen LogP contribution in [0.4, 0.5) is 4.39 Å². The minimum Gasteiger partial charge on any atom is -0.508 e. The van der Waals surface area contributed by atoms with Gasteiger partial charge in [0.25, 0.3) is 0 Å². The van der Waals surface area contributed by atoms with Crippen molar-refractivity contribution in [2.45, 2.75) is 16.2 Å². The molecule has 0 unspecified atom stereocenters. The van der Waals surface area contributed by atoms with Crippen LogP contribution in [0.5, 0.6) is 23.0 Å². The lowest BCUT2D eigenvalue weighted by molar-refractivity contribution is 0.0476. The van der Waals surface area contributed by atoms with Crippen LogP contribution in [0.1, 0.15) is 22.5 Å². The van der Waals surface area contributed by atoms with Crippen molar-refractivity contribution < 1.29 is 33.2 Å². The van der Waals surface area contributed by atoms with Crippen LogP contribution in [0.3, 0.4) is 0 Å². The van der Waals surface area contributed by atoms with Gasteiger partial charge in [-0.25, -0.2) is 4.39 Å². The van der Waals surface area contributed by atoms with Crippen LogP contribution in [-0.2, 0) is 9.47 Å². The number of methoxy groups -OCH3 is 2. The van der Waals surface area contributed by atoms with Gasteiger partial charge < -0.3 is 28.8 Å². The molecule has 32 heavy (non-hydrogen) atoms. The van der Waals surface area contributed by atoms with Crippen LogP contribution in [0.2, 0.25) is 0 Å². The molecule has 0 aromatic heterocycles. The van der Waals surface area contributed by atoms with Crippen molar-refractivity contribution in [2.75, 3.05) is 27.8 Å². The van der Waals surface area contributed by atoms with Gasteiger partial charge in [0.15, 0.2) is 25.2 Å². The van der Waals surface area contributed by atoms with E-state index in [0.717, 1.165) is 11.1 Å². The highest BCUT2D eigenvalue weighted by Gasteiger charge is 2.36. The number of thioether (sulfide) groups is 1. The summed E-state index contributed by atoms with van der Waals surface area (Å²) >= 11 is 1.37. The first-order valence-electron chi connectivity index (χ1n) is 9.89. The van der Waals surface area contributed by atoms with Gasteiger partial charge in [0.1, 0.15) is 23.4 Å². The molecule has 0 saturated heterocycles. The zero-order valence-corrected chi connectivity index (χ0v) is 18.4. The molecule has 6 nitrogen and oxygen atoms in total. The second-order valence-corrected chi connectivity index (χ2v) is 8.20. The Kier molecular flexibility index (Phi) is 7.04. The molecule has 4 rings (SSSR count). The van der Waals surface area contributed by atoms with Crippen molar-refractivity contribution >= 4 is 11.8 Å². The van der Waals surface area contributed by atoms with Crippen LogP contribution in [0.15, 0.2) is 65.6 Å². The molecule has 0 saturated carbocycles. The fourth-order valence-electron chi connectivity index (χ4n) is 3.37. The van der Waals surface area contributed by atoms with Crippen molar-refractivity contribution in [3.63, 3.8) is 0 Å². The smallest absolute Gasteiger partial charge is 0.188 e. The summed E-state index contributed by atoms with van der Waals surface area (Å²) in [5, 5.41) is 9.44. The van der Waals surface area contributed by atoms with Crippen LogP contribution < -0.4 is 14.2 Å². The highest BCUT2D eigenvalue weighted by molar-refractivity contribution is 7.99. The van der Waals surface area contributed by atoms with E-state index in [4.69, 9.17) is 23.7 Å². The maximum atomic E-state index is 15.2. The van der Waals surface area contributed by atoms with Crippen molar-refractivity contribution in [1.82, 2.24) is 0 Å². The van der Waals surface area contributed by atoms with Gasteiger partial charge in [0.2, 0.25) is 0 Å². The van der Waals surface area contributed by atoms with Gasteiger partial charge >= 0.3 is 0 Å². The van der Waals surface area contributed by atoms with E-state index in [0.29, 0.717) is 16.4 Å². The van der Waals surface area contributed by atoms with E-state index in [1.54, 1.807) is 37.4 Å². The first-order valence-corrected chi connectivity index (χ1v) is 10.8. The third-order valence-electron chi connectivity index (χ3n) is 4.91. The van der Waals surface area contributed by atoms with Gasteiger partial charge in [0, 0.05) is 14.2 Å². The molecule has 1 N–H and O–H groups in total. The van der Waals surface area contributed by atoms with E-state index in [1.807, 2.05) is 24.3 Å². The number of phenols is 1. The average molecular weight is 459 g/mol. The fraction of sp³-hybridized carbons (Fsp3) is 0.250. The van der Waals surface area contributed by atoms with Gasteiger partial charge in [0.05, 0.1) is 10.1 Å². The van der Waals surface area contributed by atoms with E-state index < -0.39 is 11.9 Å². The normalized spacial score (nSPS) is 17.3. The Morgan fingerprint density at radius 2 is 1.53 bits per heavy atom. The largest absolute Gasteiger partial charge is 0.508 e. The summed E-state index contributed by atoms with van der Waals surface area (Å²) in [4.78, 5) is 0.373. The summed E-state index contributed by atoms with van der Waals surface area (Å²) in [7, 11) is 3.04. The lowest BCUT2D eigenvalue weighted by Crippen LogP contribution is -2.20. The standard InChI is InChI=1S/C24H23FO6S/c1-27-13-29-18-9-5-16(6-10-18)23-22(15-3-7-17(26)8-4-15)31-20-12-11-19(30-14-28-2)21(25)24(20)32-23/h3-12,22-23,26H,13-14H2,1-2H3/t22-,23+/m0/s1. The second-order valence-electron chi connectivity index (χ2n) is 7.04. The highest BCUT2D eigenvalue weighted by atomic mass is 32.2. The quantitative estimate of drug-likeness (QED) is 0.450. The van der Waals surface area contributed by atoms with Crippen molar-refractivity contribution in [1.29, 1.82) is 0 Å². The minimum atomic E-state index is -0.487. The summed E-state index contributed by atoms with van der Waals surface area (Å²) in [6, 6.07) is 17.6. The molecule has 3 aromatic rings. The molecule has 0 amide bonds. The molecule has 0 bridgehead atoms. The third kappa shape index (κ3) is 4.77. The van der Waals surface area contributed by atoms with Gasteiger partial charge in [-0.15, -0.1) is 11.8 Å². The molecule has 1 aliphatic rings. The zero-order chi connectivity index (χ0) is 22.5. The molecule has 2 atom stereocenters.